The molecule has 2 aromatic carbocycles. The number of rotatable bonds is 6. The van der Waals surface area contributed by atoms with E-state index in [2.05, 4.69) is 5.32 Å². The number of para-hydroxylation sites is 1. The summed E-state index contributed by atoms with van der Waals surface area (Å²) in [7, 11) is 2.03. The van der Waals surface area contributed by atoms with Crippen molar-refractivity contribution in [1.29, 1.82) is 0 Å². The van der Waals surface area contributed by atoms with Gasteiger partial charge in [0.05, 0.1) is 7.05 Å². The summed E-state index contributed by atoms with van der Waals surface area (Å²) in [6.45, 7) is 1.65. The number of likely N-dealkylation sites (N-methyl/N-ethyl adjacent to an activating group) is 1. The van der Waals surface area contributed by atoms with Crippen LogP contribution in [-0.2, 0) is 0 Å². The monoisotopic (exact) mass is 244 g/mol. The van der Waals surface area contributed by atoms with E-state index in [1.54, 1.807) is 0 Å². The van der Waals surface area contributed by atoms with Gasteiger partial charge >= 0.3 is 0 Å². The SMILES string of the molecule is C[NH2+]CCOc1cccc(Oc2ccccc2)c1. The zero-order chi connectivity index (χ0) is 12.6. The van der Waals surface area contributed by atoms with Gasteiger partial charge < -0.3 is 14.8 Å². The van der Waals surface area contributed by atoms with E-state index in [1.165, 1.54) is 0 Å². The summed E-state index contributed by atoms with van der Waals surface area (Å²) < 4.78 is 11.4. The van der Waals surface area contributed by atoms with Gasteiger partial charge in [-0.05, 0) is 24.3 Å². The second-order valence-corrected chi connectivity index (χ2v) is 3.94. The maximum atomic E-state index is 5.74. The number of ether oxygens (including phenoxy) is 2. The quantitative estimate of drug-likeness (QED) is 0.789. The zero-order valence-corrected chi connectivity index (χ0v) is 10.5. The van der Waals surface area contributed by atoms with Crippen LogP contribution >= 0.6 is 0 Å². The third-order valence-electron chi connectivity index (χ3n) is 2.46. The number of quaternary nitrogens is 1. The minimum absolute atomic E-state index is 0.700. The molecule has 0 heterocycles. The Morgan fingerprint density at radius 3 is 2.39 bits per heavy atom. The molecule has 2 aromatic rings. The molecule has 0 aliphatic carbocycles. The lowest BCUT2D eigenvalue weighted by atomic mass is 10.3. The van der Waals surface area contributed by atoms with E-state index in [9.17, 15) is 0 Å². The van der Waals surface area contributed by atoms with E-state index in [-0.39, 0.29) is 0 Å². The highest BCUT2D eigenvalue weighted by atomic mass is 16.5. The fourth-order valence-electron chi connectivity index (χ4n) is 1.55. The first-order valence-corrected chi connectivity index (χ1v) is 6.12. The van der Waals surface area contributed by atoms with Gasteiger partial charge in [-0.15, -0.1) is 0 Å². The predicted molar refractivity (Wildman–Crippen MR) is 71.2 cm³/mol. The third-order valence-corrected chi connectivity index (χ3v) is 2.46. The van der Waals surface area contributed by atoms with Crippen LogP contribution in [0.1, 0.15) is 0 Å². The van der Waals surface area contributed by atoms with Crippen molar-refractivity contribution in [3.8, 4) is 17.2 Å². The number of nitrogens with two attached hydrogens (primary N) is 1. The van der Waals surface area contributed by atoms with Crippen LogP contribution in [-0.4, -0.2) is 20.2 Å². The van der Waals surface area contributed by atoms with Crippen LogP contribution in [0.25, 0.3) is 0 Å². The van der Waals surface area contributed by atoms with Crippen molar-refractivity contribution in [2.45, 2.75) is 0 Å². The Labute approximate surface area is 107 Å². The summed E-state index contributed by atoms with van der Waals surface area (Å²) >= 11 is 0. The van der Waals surface area contributed by atoms with E-state index in [4.69, 9.17) is 9.47 Å². The highest BCUT2D eigenvalue weighted by molar-refractivity contribution is 5.36. The second kappa shape index (κ2) is 6.67. The van der Waals surface area contributed by atoms with Crippen molar-refractivity contribution < 1.29 is 14.8 Å². The summed E-state index contributed by atoms with van der Waals surface area (Å²) in [6, 6.07) is 17.4. The molecule has 18 heavy (non-hydrogen) atoms. The smallest absolute Gasteiger partial charge is 0.137 e. The van der Waals surface area contributed by atoms with Crippen molar-refractivity contribution in [2.24, 2.45) is 0 Å². The topological polar surface area (TPSA) is 35.1 Å². The first-order chi connectivity index (χ1) is 8.88. The lowest BCUT2D eigenvalue weighted by Gasteiger charge is -2.08. The molecule has 0 saturated carbocycles. The van der Waals surface area contributed by atoms with E-state index >= 15 is 0 Å². The Morgan fingerprint density at radius 2 is 1.61 bits per heavy atom. The van der Waals surface area contributed by atoms with Crippen molar-refractivity contribution in [2.75, 3.05) is 20.2 Å². The molecule has 0 amide bonds. The van der Waals surface area contributed by atoms with E-state index in [1.807, 2.05) is 61.6 Å². The van der Waals surface area contributed by atoms with Gasteiger partial charge in [0.2, 0.25) is 0 Å². The number of hydrogen-bond acceptors (Lipinski definition) is 2. The molecule has 3 nitrogen and oxygen atoms in total. The highest BCUT2D eigenvalue weighted by Gasteiger charge is 1.99. The Morgan fingerprint density at radius 1 is 0.889 bits per heavy atom. The molecule has 0 saturated heterocycles. The molecule has 0 radical (unpaired) electrons. The molecule has 0 aliphatic rings. The van der Waals surface area contributed by atoms with Gasteiger partial charge in [-0.1, -0.05) is 24.3 Å². The van der Waals surface area contributed by atoms with Gasteiger partial charge in [0.25, 0.3) is 0 Å². The number of benzene rings is 2. The molecule has 0 unspecified atom stereocenters. The summed E-state index contributed by atoms with van der Waals surface area (Å²) in [5, 5.41) is 2.09. The molecule has 0 fully saturated rings. The predicted octanol–water partition coefficient (Wildman–Crippen LogP) is 2.05. The van der Waals surface area contributed by atoms with Gasteiger partial charge in [-0.2, -0.15) is 0 Å². The molecule has 0 aromatic heterocycles. The van der Waals surface area contributed by atoms with Crippen LogP contribution in [0.3, 0.4) is 0 Å². The maximum absolute atomic E-state index is 5.74. The molecule has 3 heteroatoms. The molecule has 2 rings (SSSR count). The van der Waals surface area contributed by atoms with Crippen LogP contribution in [0.15, 0.2) is 54.6 Å². The van der Waals surface area contributed by atoms with Gasteiger partial charge in [-0.3, -0.25) is 0 Å². The molecule has 94 valence electrons. The van der Waals surface area contributed by atoms with Crippen molar-refractivity contribution in [1.82, 2.24) is 0 Å². The molecule has 0 bridgehead atoms. The standard InChI is InChI=1S/C15H17NO2/c1-16-10-11-17-14-8-5-9-15(12-14)18-13-6-3-2-4-7-13/h2-9,12,16H,10-11H2,1H3/p+1. The lowest BCUT2D eigenvalue weighted by Crippen LogP contribution is -2.80. The van der Waals surface area contributed by atoms with E-state index in [0.29, 0.717) is 6.61 Å². The zero-order valence-electron chi connectivity index (χ0n) is 10.5. The Balaban J connectivity index is 1.99. The average Bonchev–Trinajstić information content (AvgIpc) is 2.41. The Hall–Kier alpha value is -2.00. The summed E-state index contributed by atoms with van der Waals surface area (Å²) in [5.41, 5.74) is 0. The number of hydrogen-bond donors (Lipinski definition) is 1. The van der Waals surface area contributed by atoms with Crippen LogP contribution in [0.2, 0.25) is 0 Å². The third kappa shape index (κ3) is 3.79. The van der Waals surface area contributed by atoms with Gasteiger partial charge in [-0.25, -0.2) is 0 Å². The molecule has 2 N–H and O–H groups in total. The molecule has 0 atom stereocenters. The Kier molecular flexibility index (Phi) is 4.61. The van der Waals surface area contributed by atoms with E-state index in [0.717, 1.165) is 23.8 Å². The van der Waals surface area contributed by atoms with Crippen LogP contribution in [0, 0.1) is 0 Å². The van der Waals surface area contributed by atoms with Crippen molar-refractivity contribution in [3.63, 3.8) is 0 Å². The second-order valence-electron chi connectivity index (χ2n) is 3.94. The summed E-state index contributed by atoms with van der Waals surface area (Å²) in [5.74, 6) is 2.46. The fraction of sp³-hybridized carbons (Fsp3) is 0.200. The molecular formula is C15H18NO2+. The molecule has 0 spiro atoms. The maximum Gasteiger partial charge on any atom is 0.137 e. The first kappa shape index (κ1) is 12.5. The minimum atomic E-state index is 0.700. The van der Waals surface area contributed by atoms with Crippen molar-refractivity contribution in [3.05, 3.63) is 54.6 Å². The van der Waals surface area contributed by atoms with Gasteiger partial charge in [0, 0.05) is 6.07 Å². The Bertz CT molecular complexity index is 471. The average molecular weight is 244 g/mol. The normalized spacial score (nSPS) is 10.1. The van der Waals surface area contributed by atoms with Gasteiger partial charge in [0.1, 0.15) is 30.4 Å². The van der Waals surface area contributed by atoms with Crippen LogP contribution in [0.4, 0.5) is 0 Å². The highest BCUT2D eigenvalue weighted by Crippen LogP contribution is 2.24. The molecule has 0 aliphatic heterocycles. The van der Waals surface area contributed by atoms with E-state index < -0.39 is 0 Å². The van der Waals surface area contributed by atoms with Crippen molar-refractivity contribution >= 4 is 0 Å². The lowest BCUT2D eigenvalue weighted by molar-refractivity contribution is -0.627. The largest absolute Gasteiger partial charge is 0.488 e. The summed E-state index contributed by atoms with van der Waals surface area (Å²) in [6.07, 6.45) is 0. The summed E-state index contributed by atoms with van der Waals surface area (Å²) in [4.78, 5) is 0. The molecular weight excluding hydrogens is 226 g/mol. The minimum Gasteiger partial charge on any atom is -0.488 e. The van der Waals surface area contributed by atoms with Gasteiger partial charge in [0.15, 0.2) is 0 Å². The van der Waals surface area contributed by atoms with Crippen LogP contribution < -0.4 is 14.8 Å². The fourth-order valence-corrected chi connectivity index (χ4v) is 1.55. The van der Waals surface area contributed by atoms with Crippen LogP contribution in [0.5, 0.6) is 17.2 Å². The first-order valence-electron chi connectivity index (χ1n) is 6.12.